The summed E-state index contributed by atoms with van der Waals surface area (Å²) in [6, 6.07) is 0. The lowest BCUT2D eigenvalue weighted by Gasteiger charge is -2.19. The maximum atomic E-state index is 11.8. The van der Waals surface area contributed by atoms with Crippen LogP contribution in [0.25, 0.3) is 0 Å². The number of aliphatic carboxylic acids is 1. The van der Waals surface area contributed by atoms with Crippen LogP contribution in [0.2, 0.25) is 0 Å². The van der Waals surface area contributed by atoms with Gasteiger partial charge in [0.05, 0.1) is 29.1 Å². The summed E-state index contributed by atoms with van der Waals surface area (Å²) < 4.78 is 29.1. The van der Waals surface area contributed by atoms with Gasteiger partial charge in [0.25, 0.3) is 0 Å². The van der Waals surface area contributed by atoms with E-state index in [0.29, 0.717) is 6.42 Å². The molecule has 0 amide bonds. The Morgan fingerprint density at radius 1 is 1.53 bits per heavy atom. The third kappa shape index (κ3) is 4.63. The molecule has 0 radical (unpaired) electrons. The molecule has 17 heavy (non-hydrogen) atoms. The zero-order chi connectivity index (χ0) is 13.3. The minimum Gasteiger partial charge on any atom is -0.481 e. The maximum Gasteiger partial charge on any atom is 0.307 e. The molecule has 100 valence electrons. The Labute approximate surface area is 102 Å². The summed E-state index contributed by atoms with van der Waals surface area (Å²) in [5.74, 6) is -2.34. The highest BCUT2D eigenvalue weighted by molar-refractivity contribution is 7.91. The molecule has 1 aliphatic heterocycles. The summed E-state index contributed by atoms with van der Waals surface area (Å²) in [6.45, 7) is 5.26. The highest BCUT2D eigenvalue weighted by Crippen LogP contribution is 2.30. The summed E-state index contributed by atoms with van der Waals surface area (Å²) in [5.41, 5.74) is -0.265. The standard InChI is InChI=1S/C11H20O5S/c1-8(10(12)13)6-17(14,15)7-9-4-5-11(2,3)16-9/h8-9H,4-7H2,1-3H3,(H,12,13). The fraction of sp³-hybridized carbons (Fsp3) is 0.909. The Hall–Kier alpha value is -0.620. The molecule has 1 rings (SSSR count). The molecule has 0 aromatic heterocycles. The number of ether oxygens (including phenoxy) is 1. The Bertz CT molecular complexity index is 385. The summed E-state index contributed by atoms with van der Waals surface area (Å²) in [5, 5.41) is 8.69. The predicted octanol–water partition coefficient (Wildman–Crippen LogP) is 1.08. The van der Waals surface area contributed by atoms with Crippen molar-refractivity contribution >= 4 is 15.8 Å². The second-order valence-corrected chi connectivity index (χ2v) is 7.51. The number of hydrogen-bond acceptors (Lipinski definition) is 4. The first-order valence-electron chi connectivity index (χ1n) is 5.72. The molecule has 1 aliphatic rings. The Balaban J connectivity index is 2.54. The molecule has 0 spiro atoms. The van der Waals surface area contributed by atoms with Crippen LogP contribution in [0, 0.1) is 5.92 Å². The van der Waals surface area contributed by atoms with Gasteiger partial charge in [-0.1, -0.05) is 6.92 Å². The molecule has 1 N–H and O–H groups in total. The van der Waals surface area contributed by atoms with Crippen molar-refractivity contribution in [3.8, 4) is 0 Å². The van der Waals surface area contributed by atoms with Crippen molar-refractivity contribution in [1.29, 1.82) is 0 Å². The topological polar surface area (TPSA) is 80.7 Å². The fourth-order valence-electron chi connectivity index (χ4n) is 2.00. The van der Waals surface area contributed by atoms with Crippen LogP contribution in [0.1, 0.15) is 33.6 Å². The van der Waals surface area contributed by atoms with Crippen molar-refractivity contribution in [2.45, 2.75) is 45.3 Å². The largest absolute Gasteiger partial charge is 0.481 e. The van der Waals surface area contributed by atoms with E-state index in [0.717, 1.165) is 6.42 Å². The fourth-order valence-corrected chi connectivity index (χ4v) is 3.84. The van der Waals surface area contributed by atoms with E-state index in [9.17, 15) is 13.2 Å². The number of carboxylic acids is 1. The molecule has 1 fully saturated rings. The lowest BCUT2D eigenvalue weighted by atomic mass is 10.1. The number of sulfone groups is 1. The molecule has 5 nitrogen and oxygen atoms in total. The summed E-state index contributed by atoms with van der Waals surface area (Å²) >= 11 is 0. The van der Waals surface area contributed by atoms with Crippen LogP contribution < -0.4 is 0 Å². The van der Waals surface area contributed by atoms with Crippen LogP contribution in [-0.2, 0) is 19.4 Å². The van der Waals surface area contributed by atoms with Crippen molar-refractivity contribution in [2.24, 2.45) is 5.92 Å². The van der Waals surface area contributed by atoms with Gasteiger partial charge in [-0.2, -0.15) is 0 Å². The smallest absolute Gasteiger partial charge is 0.307 e. The van der Waals surface area contributed by atoms with Crippen LogP contribution in [0.5, 0.6) is 0 Å². The second kappa shape index (κ2) is 4.94. The average molecular weight is 264 g/mol. The van der Waals surface area contributed by atoms with Crippen LogP contribution >= 0.6 is 0 Å². The van der Waals surface area contributed by atoms with E-state index >= 15 is 0 Å². The molecule has 1 heterocycles. The van der Waals surface area contributed by atoms with E-state index in [2.05, 4.69) is 0 Å². The summed E-state index contributed by atoms with van der Waals surface area (Å²) in [7, 11) is -3.37. The SMILES string of the molecule is CC(CS(=O)(=O)CC1CCC(C)(C)O1)C(=O)O. The maximum absolute atomic E-state index is 11.8. The Kier molecular flexibility index (Phi) is 4.19. The third-order valence-electron chi connectivity index (χ3n) is 2.92. The van der Waals surface area contributed by atoms with Crippen LogP contribution in [-0.4, -0.2) is 42.7 Å². The van der Waals surface area contributed by atoms with Gasteiger partial charge in [0.15, 0.2) is 9.84 Å². The summed E-state index contributed by atoms with van der Waals surface area (Å²) in [4.78, 5) is 10.6. The van der Waals surface area contributed by atoms with Gasteiger partial charge in [-0.3, -0.25) is 4.79 Å². The van der Waals surface area contributed by atoms with Gasteiger partial charge >= 0.3 is 5.97 Å². The van der Waals surface area contributed by atoms with Crippen LogP contribution in [0.4, 0.5) is 0 Å². The number of rotatable bonds is 5. The quantitative estimate of drug-likeness (QED) is 0.803. The first kappa shape index (κ1) is 14.4. The van der Waals surface area contributed by atoms with Gasteiger partial charge in [-0.25, -0.2) is 8.42 Å². The number of carboxylic acid groups (broad SMARTS) is 1. The van der Waals surface area contributed by atoms with E-state index in [1.807, 2.05) is 13.8 Å². The molecule has 6 heteroatoms. The Morgan fingerprint density at radius 2 is 2.12 bits per heavy atom. The van der Waals surface area contributed by atoms with Crippen LogP contribution in [0.3, 0.4) is 0 Å². The second-order valence-electron chi connectivity index (χ2n) is 5.35. The third-order valence-corrected chi connectivity index (χ3v) is 4.81. The van der Waals surface area contributed by atoms with Gasteiger partial charge < -0.3 is 9.84 Å². The van der Waals surface area contributed by atoms with Crippen molar-refractivity contribution in [3.05, 3.63) is 0 Å². The Morgan fingerprint density at radius 3 is 2.53 bits per heavy atom. The molecule has 0 aromatic rings. The molecular weight excluding hydrogens is 244 g/mol. The summed E-state index contributed by atoms with van der Waals surface area (Å²) in [6.07, 6.45) is 1.26. The van der Waals surface area contributed by atoms with E-state index in [1.165, 1.54) is 6.92 Å². The van der Waals surface area contributed by atoms with Gasteiger partial charge in [-0.05, 0) is 26.7 Å². The lowest BCUT2D eigenvalue weighted by molar-refractivity contribution is -0.140. The van der Waals surface area contributed by atoms with Crippen molar-refractivity contribution in [3.63, 3.8) is 0 Å². The molecular formula is C11H20O5S. The molecule has 0 aliphatic carbocycles. The average Bonchev–Trinajstić information content (AvgIpc) is 2.43. The molecule has 0 aromatic carbocycles. The molecule has 2 atom stereocenters. The molecule has 1 saturated heterocycles. The van der Waals surface area contributed by atoms with Gasteiger partial charge in [-0.15, -0.1) is 0 Å². The van der Waals surface area contributed by atoms with E-state index in [1.54, 1.807) is 0 Å². The predicted molar refractivity (Wildman–Crippen MR) is 63.6 cm³/mol. The minimum absolute atomic E-state index is 0.0753. The van der Waals surface area contributed by atoms with Gasteiger partial charge in [0.2, 0.25) is 0 Å². The van der Waals surface area contributed by atoms with E-state index < -0.39 is 21.7 Å². The normalized spacial score (nSPS) is 25.7. The first-order chi connectivity index (χ1) is 7.61. The molecule has 0 saturated carbocycles. The van der Waals surface area contributed by atoms with Crippen molar-refractivity contribution in [1.82, 2.24) is 0 Å². The van der Waals surface area contributed by atoms with E-state index in [-0.39, 0.29) is 23.2 Å². The number of carbonyl (C=O) groups is 1. The van der Waals surface area contributed by atoms with Crippen molar-refractivity contribution < 1.29 is 23.1 Å². The molecule has 0 bridgehead atoms. The van der Waals surface area contributed by atoms with E-state index in [4.69, 9.17) is 9.84 Å². The van der Waals surface area contributed by atoms with Gasteiger partial charge in [0.1, 0.15) is 0 Å². The zero-order valence-electron chi connectivity index (χ0n) is 10.5. The van der Waals surface area contributed by atoms with Gasteiger partial charge in [0, 0.05) is 0 Å². The lowest BCUT2D eigenvalue weighted by Crippen LogP contribution is -2.30. The highest BCUT2D eigenvalue weighted by Gasteiger charge is 2.35. The van der Waals surface area contributed by atoms with Crippen LogP contribution in [0.15, 0.2) is 0 Å². The monoisotopic (exact) mass is 264 g/mol. The minimum atomic E-state index is -3.37. The van der Waals surface area contributed by atoms with Crippen molar-refractivity contribution in [2.75, 3.05) is 11.5 Å². The first-order valence-corrected chi connectivity index (χ1v) is 7.54. The number of hydrogen-bond donors (Lipinski definition) is 1. The highest BCUT2D eigenvalue weighted by atomic mass is 32.2. The molecule has 2 unspecified atom stereocenters. The zero-order valence-corrected chi connectivity index (χ0v) is 11.3.